The van der Waals surface area contributed by atoms with Crippen LogP contribution in [-0.2, 0) is 9.59 Å². The Kier molecular flexibility index (Phi) is 7.93. The van der Waals surface area contributed by atoms with Crippen LogP contribution in [0.25, 0.3) is 0 Å². The molecule has 1 saturated carbocycles. The van der Waals surface area contributed by atoms with Gasteiger partial charge < -0.3 is 21.1 Å². The maximum Gasteiger partial charge on any atom is 0.265 e. The molecule has 1 aliphatic heterocycles. The van der Waals surface area contributed by atoms with Crippen LogP contribution in [-0.4, -0.2) is 36.4 Å². The largest absolute Gasteiger partial charge is 0.484 e. The predicted molar refractivity (Wildman–Crippen MR) is 151 cm³/mol. The number of benzene rings is 3. The summed E-state index contributed by atoms with van der Waals surface area (Å²) >= 11 is 0. The molecule has 2 aliphatic rings. The van der Waals surface area contributed by atoms with E-state index in [0.717, 1.165) is 36.8 Å². The number of nitrogens with two attached hydrogens (primary N) is 1. The quantitative estimate of drug-likeness (QED) is 0.438. The molecule has 5 rings (SSSR count). The summed E-state index contributed by atoms with van der Waals surface area (Å²) in [6, 6.07) is 21.3. The van der Waals surface area contributed by atoms with E-state index >= 15 is 0 Å². The van der Waals surface area contributed by atoms with E-state index in [0.29, 0.717) is 22.7 Å². The number of carbonyl (C=O) groups is 3. The number of amides is 3. The van der Waals surface area contributed by atoms with Crippen molar-refractivity contribution in [1.82, 2.24) is 5.32 Å². The molecule has 0 radical (unpaired) electrons. The van der Waals surface area contributed by atoms with Crippen LogP contribution in [0, 0.1) is 6.92 Å². The molecule has 3 amide bonds. The highest BCUT2D eigenvalue weighted by molar-refractivity contribution is 6.07. The molecule has 0 aromatic heterocycles. The summed E-state index contributed by atoms with van der Waals surface area (Å²) in [4.78, 5) is 41.6. The highest BCUT2D eigenvalue weighted by Crippen LogP contribution is 2.39. The summed E-state index contributed by atoms with van der Waals surface area (Å²) in [7, 11) is 0. The van der Waals surface area contributed by atoms with Crippen LogP contribution in [0.2, 0.25) is 0 Å². The first-order valence-corrected chi connectivity index (χ1v) is 13.5. The number of aryl methyl sites for hydroxylation is 1. The van der Waals surface area contributed by atoms with E-state index in [1.165, 1.54) is 0 Å². The van der Waals surface area contributed by atoms with Gasteiger partial charge in [0, 0.05) is 17.6 Å². The Balaban J connectivity index is 1.47. The maximum atomic E-state index is 13.7. The lowest BCUT2D eigenvalue weighted by molar-refractivity contribution is -0.121. The van der Waals surface area contributed by atoms with Crippen LogP contribution in [0.3, 0.4) is 0 Å². The Morgan fingerprint density at radius 3 is 2.51 bits per heavy atom. The number of para-hydroxylation sites is 1. The third-order valence-electron chi connectivity index (χ3n) is 7.46. The topological polar surface area (TPSA) is 114 Å². The van der Waals surface area contributed by atoms with E-state index in [1.807, 2.05) is 49.4 Å². The highest BCUT2D eigenvalue weighted by Gasteiger charge is 2.34. The minimum atomic E-state index is -0.543. The van der Waals surface area contributed by atoms with Gasteiger partial charge in [-0.2, -0.15) is 0 Å². The van der Waals surface area contributed by atoms with Crippen LogP contribution >= 0.6 is 0 Å². The SMILES string of the molecule is Cc1ccc(C2CC(=O)Nc3cc(C(=O)NC4CCCCC4N)ccc3N2C(=O)COc2ccccc2)cc1. The van der Waals surface area contributed by atoms with Crippen LogP contribution < -0.4 is 26.0 Å². The van der Waals surface area contributed by atoms with Gasteiger partial charge in [-0.05, 0) is 55.7 Å². The fourth-order valence-corrected chi connectivity index (χ4v) is 5.31. The summed E-state index contributed by atoms with van der Waals surface area (Å²) < 4.78 is 5.79. The van der Waals surface area contributed by atoms with Gasteiger partial charge in [0.2, 0.25) is 5.91 Å². The summed E-state index contributed by atoms with van der Waals surface area (Å²) in [5.41, 5.74) is 9.46. The van der Waals surface area contributed by atoms with Gasteiger partial charge in [-0.3, -0.25) is 19.3 Å². The van der Waals surface area contributed by atoms with Gasteiger partial charge in [0.15, 0.2) is 6.61 Å². The first kappa shape index (κ1) is 26.4. The molecule has 8 heteroatoms. The van der Waals surface area contributed by atoms with Gasteiger partial charge >= 0.3 is 0 Å². The van der Waals surface area contributed by atoms with Crippen LogP contribution in [0.15, 0.2) is 72.8 Å². The number of fused-ring (bicyclic) bond motifs is 1. The number of nitrogens with zero attached hydrogens (tertiary/aromatic N) is 1. The lowest BCUT2D eigenvalue weighted by atomic mass is 9.91. The van der Waals surface area contributed by atoms with Crippen molar-refractivity contribution < 1.29 is 19.1 Å². The first-order chi connectivity index (χ1) is 18.9. The lowest BCUT2D eigenvalue weighted by Gasteiger charge is -2.31. The Bertz CT molecular complexity index is 1340. The minimum absolute atomic E-state index is 0.0628. The van der Waals surface area contributed by atoms with Crippen molar-refractivity contribution in [2.45, 2.75) is 57.2 Å². The average Bonchev–Trinajstić information content (AvgIpc) is 3.09. The maximum absolute atomic E-state index is 13.7. The van der Waals surface area contributed by atoms with Gasteiger partial charge in [0.1, 0.15) is 5.75 Å². The highest BCUT2D eigenvalue weighted by atomic mass is 16.5. The van der Waals surface area contributed by atoms with E-state index in [2.05, 4.69) is 10.6 Å². The van der Waals surface area contributed by atoms with Gasteiger partial charge in [-0.25, -0.2) is 0 Å². The van der Waals surface area contributed by atoms with Crippen molar-refractivity contribution in [3.63, 3.8) is 0 Å². The van der Waals surface area contributed by atoms with Crippen LogP contribution in [0.5, 0.6) is 5.75 Å². The van der Waals surface area contributed by atoms with Gasteiger partial charge in [-0.15, -0.1) is 0 Å². The molecule has 3 unspecified atom stereocenters. The second-order valence-corrected chi connectivity index (χ2v) is 10.3. The zero-order chi connectivity index (χ0) is 27.4. The molecule has 0 saturated heterocycles. The fourth-order valence-electron chi connectivity index (χ4n) is 5.31. The second kappa shape index (κ2) is 11.7. The Morgan fingerprint density at radius 2 is 1.77 bits per heavy atom. The number of nitrogens with one attached hydrogen (secondary N) is 2. The van der Waals surface area contributed by atoms with Crippen molar-refractivity contribution in [2.75, 3.05) is 16.8 Å². The normalized spacial score (nSPS) is 20.8. The Morgan fingerprint density at radius 1 is 1.03 bits per heavy atom. The number of carbonyl (C=O) groups excluding carboxylic acids is 3. The molecule has 3 aromatic rings. The van der Waals surface area contributed by atoms with E-state index in [4.69, 9.17) is 10.5 Å². The first-order valence-electron chi connectivity index (χ1n) is 13.5. The number of anilines is 2. The summed E-state index contributed by atoms with van der Waals surface area (Å²) in [5.74, 6) is -0.213. The zero-order valence-corrected chi connectivity index (χ0v) is 22.1. The zero-order valence-electron chi connectivity index (χ0n) is 22.1. The van der Waals surface area contributed by atoms with Crippen molar-refractivity contribution in [3.8, 4) is 5.75 Å². The summed E-state index contributed by atoms with van der Waals surface area (Å²) in [6.45, 7) is 1.78. The molecule has 3 aromatic carbocycles. The van der Waals surface area contributed by atoms with E-state index in [1.54, 1.807) is 35.2 Å². The molecule has 1 aliphatic carbocycles. The van der Waals surface area contributed by atoms with E-state index < -0.39 is 6.04 Å². The predicted octanol–water partition coefficient (Wildman–Crippen LogP) is 4.49. The molecule has 1 fully saturated rings. The Hall–Kier alpha value is -4.17. The third kappa shape index (κ3) is 6.12. The number of hydrogen-bond donors (Lipinski definition) is 3. The van der Waals surface area contributed by atoms with Gasteiger partial charge in [0.05, 0.1) is 23.8 Å². The molecule has 1 heterocycles. The molecule has 0 spiro atoms. The number of ether oxygens (including phenoxy) is 1. The Labute approximate surface area is 228 Å². The monoisotopic (exact) mass is 526 g/mol. The minimum Gasteiger partial charge on any atom is -0.484 e. The van der Waals surface area contributed by atoms with Gasteiger partial charge in [-0.1, -0.05) is 60.9 Å². The van der Waals surface area contributed by atoms with E-state index in [-0.39, 0.29) is 42.8 Å². The number of rotatable bonds is 6. The molecule has 39 heavy (non-hydrogen) atoms. The van der Waals surface area contributed by atoms with E-state index in [9.17, 15) is 14.4 Å². The number of hydrogen-bond acceptors (Lipinski definition) is 5. The second-order valence-electron chi connectivity index (χ2n) is 10.3. The van der Waals surface area contributed by atoms with Crippen molar-refractivity contribution >= 4 is 29.1 Å². The summed E-state index contributed by atoms with van der Waals surface area (Å²) in [6.07, 6.45) is 3.89. The van der Waals surface area contributed by atoms with Gasteiger partial charge in [0.25, 0.3) is 11.8 Å². The summed E-state index contributed by atoms with van der Waals surface area (Å²) in [5, 5.41) is 5.98. The molecular formula is C31H34N4O4. The van der Waals surface area contributed by atoms with Crippen LogP contribution in [0.4, 0.5) is 11.4 Å². The molecule has 8 nitrogen and oxygen atoms in total. The van der Waals surface area contributed by atoms with Crippen molar-refractivity contribution in [2.24, 2.45) is 5.73 Å². The molecule has 4 N–H and O–H groups in total. The fraction of sp³-hybridized carbons (Fsp3) is 0.323. The standard InChI is InChI=1S/C31H34N4O4/c1-20-11-13-21(14-12-20)28-18-29(36)33-26-17-22(31(38)34-25-10-6-5-9-24(25)32)15-16-27(26)35(28)30(37)19-39-23-7-3-2-4-8-23/h2-4,7-8,11-17,24-25,28H,5-6,9-10,18-19,32H2,1H3,(H,33,36)(H,34,38). The van der Waals surface area contributed by atoms with Crippen LogP contribution in [0.1, 0.15) is 59.6 Å². The molecule has 3 atom stereocenters. The lowest BCUT2D eigenvalue weighted by Crippen LogP contribution is -2.49. The molecular weight excluding hydrogens is 492 g/mol. The van der Waals surface area contributed by atoms with Crippen molar-refractivity contribution in [1.29, 1.82) is 0 Å². The molecule has 0 bridgehead atoms. The molecule has 202 valence electrons. The smallest absolute Gasteiger partial charge is 0.265 e. The average molecular weight is 527 g/mol. The third-order valence-corrected chi connectivity index (χ3v) is 7.46. The van der Waals surface area contributed by atoms with Crippen molar-refractivity contribution in [3.05, 3.63) is 89.5 Å².